The van der Waals surface area contributed by atoms with Crippen LogP contribution < -0.4 is 4.74 Å². The van der Waals surface area contributed by atoms with Crippen molar-refractivity contribution in [3.8, 4) is 11.5 Å². The first-order valence-electron chi connectivity index (χ1n) is 17.7. The number of carboxylic acids is 1. The first-order chi connectivity index (χ1) is 21.5. The fourth-order valence-electron chi connectivity index (χ4n) is 12.2. The van der Waals surface area contributed by atoms with E-state index in [9.17, 15) is 19.8 Å². The van der Waals surface area contributed by atoms with E-state index in [1.54, 1.807) is 24.3 Å². The van der Waals surface area contributed by atoms with Crippen LogP contribution in [0.15, 0.2) is 35.9 Å². The van der Waals surface area contributed by atoms with Crippen molar-refractivity contribution in [2.24, 2.45) is 56.7 Å². The average Bonchev–Trinajstić information content (AvgIpc) is 3.00. The molecule has 0 radical (unpaired) electrons. The summed E-state index contributed by atoms with van der Waals surface area (Å²) in [6.45, 7) is 16.9. The molecular formula is C40H56O6. The van der Waals surface area contributed by atoms with E-state index >= 15 is 0 Å². The molecule has 0 aromatic heterocycles. The van der Waals surface area contributed by atoms with E-state index in [1.807, 2.05) is 0 Å². The number of carbonyl (C=O) groups excluding carboxylic acids is 1. The quantitative estimate of drug-likeness (QED) is 0.191. The molecule has 6 nitrogen and oxygen atoms in total. The normalized spacial score (nSPS) is 42.9. The molecule has 6 heteroatoms. The molecule has 46 heavy (non-hydrogen) atoms. The number of esters is 1. The number of aromatic hydroxyl groups is 1. The number of carboxylic acid groups (broad SMARTS) is 1. The number of hydrogen-bond donors (Lipinski definition) is 2. The lowest BCUT2D eigenvalue weighted by molar-refractivity contribution is -0.213. The highest BCUT2D eigenvalue weighted by atomic mass is 16.5. The average molecular weight is 633 g/mol. The van der Waals surface area contributed by atoms with E-state index in [-0.39, 0.29) is 45.4 Å². The first-order valence-corrected chi connectivity index (χ1v) is 17.7. The number of hydrogen-bond acceptors (Lipinski definition) is 5. The van der Waals surface area contributed by atoms with Crippen LogP contribution in [0.5, 0.6) is 11.5 Å². The Balaban J connectivity index is 1.25. The van der Waals surface area contributed by atoms with Gasteiger partial charge in [0.25, 0.3) is 0 Å². The zero-order valence-electron chi connectivity index (χ0n) is 29.3. The van der Waals surface area contributed by atoms with Crippen LogP contribution in [0, 0.1) is 56.7 Å². The maximum absolute atomic E-state index is 13.1. The Morgan fingerprint density at radius 2 is 1.67 bits per heavy atom. The number of ether oxygens (including phenoxy) is 2. The highest BCUT2D eigenvalue weighted by molar-refractivity contribution is 5.87. The number of phenols is 1. The predicted octanol–water partition coefficient (Wildman–Crippen LogP) is 9.07. The van der Waals surface area contributed by atoms with Gasteiger partial charge in [0.2, 0.25) is 0 Å². The van der Waals surface area contributed by atoms with Crippen LogP contribution in [-0.4, -0.2) is 35.4 Å². The van der Waals surface area contributed by atoms with E-state index < -0.39 is 11.4 Å². The van der Waals surface area contributed by atoms with Gasteiger partial charge in [0.15, 0.2) is 11.5 Å². The molecule has 0 spiro atoms. The molecule has 1 aromatic rings. The van der Waals surface area contributed by atoms with Crippen LogP contribution in [-0.2, 0) is 14.3 Å². The zero-order chi connectivity index (χ0) is 33.4. The first kappa shape index (κ1) is 33.2. The number of rotatable bonds is 5. The molecule has 0 aliphatic heterocycles. The molecule has 5 aliphatic rings. The second kappa shape index (κ2) is 11.2. The molecule has 4 saturated carbocycles. The second-order valence-electron chi connectivity index (χ2n) is 17.2. The van der Waals surface area contributed by atoms with Crippen LogP contribution in [0.3, 0.4) is 0 Å². The third-order valence-electron chi connectivity index (χ3n) is 15.2. The van der Waals surface area contributed by atoms with Gasteiger partial charge in [-0.3, -0.25) is 4.79 Å². The number of allylic oxidation sites excluding steroid dienone is 2. The minimum Gasteiger partial charge on any atom is -0.504 e. The molecule has 2 N–H and O–H groups in total. The van der Waals surface area contributed by atoms with Crippen molar-refractivity contribution in [2.45, 2.75) is 112 Å². The molecule has 10 atom stereocenters. The van der Waals surface area contributed by atoms with Crippen molar-refractivity contribution in [2.75, 3.05) is 7.11 Å². The van der Waals surface area contributed by atoms with Crippen molar-refractivity contribution in [1.82, 2.24) is 0 Å². The fraction of sp³-hybridized carbons (Fsp3) is 0.700. The van der Waals surface area contributed by atoms with E-state index in [1.165, 1.54) is 18.8 Å². The molecule has 0 unspecified atom stereocenters. The second-order valence-corrected chi connectivity index (χ2v) is 17.2. The molecule has 252 valence electrons. The highest BCUT2D eigenvalue weighted by Gasteiger charge is 2.69. The topological polar surface area (TPSA) is 93.1 Å². The van der Waals surface area contributed by atoms with Gasteiger partial charge < -0.3 is 19.7 Å². The largest absolute Gasteiger partial charge is 0.504 e. The van der Waals surface area contributed by atoms with Gasteiger partial charge in [-0.1, -0.05) is 66.2 Å². The smallest absolute Gasteiger partial charge is 0.331 e. The van der Waals surface area contributed by atoms with Crippen LogP contribution in [0.2, 0.25) is 0 Å². The monoisotopic (exact) mass is 632 g/mol. The minimum atomic E-state index is -0.617. The SMILES string of the molecule is COc1cc(C=CC(=O)O[C@H]2CC[C@]3(C)[C@H]4CC=C5[C@@H]6[C@@H](C)[C@H](C)CC[C@]6(C(=O)O)CC[C@@]5(C)[C@]4(C)CC[C@H]3C2(C)C)ccc1O. The lowest BCUT2D eigenvalue weighted by atomic mass is 9.33. The Morgan fingerprint density at radius 1 is 0.935 bits per heavy atom. The Hall–Kier alpha value is -2.76. The van der Waals surface area contributed by atoms with Crippen molar-refractivity contribution >= 4 is 18.0 Å². The summed E-state index contributed by atoms with van der Waals surface area (Å²) >= 11 is 0. The van der Waals surface area contributed by atoms with Gasteiger partial charge >= 0.3 is 11.9 Å². The van der Waals surface area contributed by atoms with Gasteiger partial charge in [0, 0.05) is 11.5 Å². The molecule has 0 bridgehead atoms. The van der Waals surface area contributed by atoms with Crippen LogP contribution >= 0.6 is 0 Å². The number of phenolic OH excluding ortho intramolecular Hbond substituents is 1. The van der Waals surface area contributed by atoms with Gasteiger partial charge in [-0.05, 0) is 127 Å². The molecule has 5 aliphatic carbocycles. The van der Waals surface area contributed by atoms with Crippen LogP contribution in [0.1, 0.15) is 112 Å². The minimum absolute atomic E-state index is 0.00596. The summed E-state index contributed by atoms with van der Waals surface area (Å²) in [5.41, 5.74) is 1.63. The Kier molecular flexibility index (Phi) is 8.04. The summed E-state index contributed by atoms with van der Waals surface area (Å²) in [6.07, 6.45) is 14.2. The standard InChI is InChI=1S/C40H56O6/c1-24-15-20-40(35(43)44)22-21-38(6)27(34(40)25(24)2)11-13-31-37(5)18-17-32(36(3,4)30(37)16-19-39(31,38)7)46-33(42)14-10-26-9-12-28(41)29(23-26)45-8/h9-12,14,23-25,30-32,34,41H,13,15-22H2,1-8H3,(H,43,44)/t24-,25+,30+,31-,32+,34+,37+,38-,39-,40+/m1/s1. The van der Waals surface area contributed by atoms with Crippen molar-refractivity contribution in [3.63, 3.8) is 0 Å². The molecule has 1 aromatic carbocycles. The number of methoxy groups -OCH3 is 1. The molecule has 0 amide bonds. The van der Waals surface area contributed by atoms with Crippen LogP contribution in [0.25, 0.3) is 6.08 Å². The summed E-state index contributed by atoms with van der Waals surface area (Å²) in [5, 5.41) is 20.6. The third-order valence-corrected chi connectivity index (χ3v) is 15.2. The number of carbonyl (C=O) groups is 2. The third kappa shape index (κ3) is 4.62. The molecule has 0 heterocycles. The number of aliphatic carboxylic acids is 1. The van der Waals surface area contributed by atoms with Gasteiger partial charge in [0.1, 0.15) is 6.10 Å². The molecule has 6 rings (SSSR count). The van der Waals surface area contributed by atoms with Crippen LogP contribution in [0.4, 0.5) is 0 Å². The molecule has 0 saturated heterocycles. The summed E-state index contributed by atoms with van der Waals surface area (Å²) < 4.78 is 11.4. The maximum Gasteiger partial charge on any atom is 0.331 e. The lowest BCUT2D eigenvalue weighted by Gasteiger charge is -2.71. The summed E-state index contributed by atoms with van der Waals surface area (Å²) in [6, 6.07) is 4.99. The fourth-order valence-corrected chi connectivity index (χ4v) is 12.2. The summed E-state index contributed by atoms with van der Waals surface area (Å²) in [5.74, 6) is 1.47. The zero-order valence-corrected chi connectivity index (χ0v) is 29.3. The Morgan fingerprint density at radius 3 is 2.37 bits per heavy atom. The van der Waals surface area contributed by atoms with E-state index in [0.29, 0.717) is 29.4 Å². The van der Waals surface area contributed by atoms with Crippen molar-refractivity contribution in [1.29, 1.82) is 0 Å². The van der Waals surface area contributed by atoms with Crippen molar-refractivity contribution < 1.29 is 29.3 Å². The van der Waals surface area contributed by atoms with E-state index in [2.05, 4.69) is 54.5 Å². The van der Waals surface area contributed by atoms with E-state index in [0.717, 1.165) is 63.4 Å². The van der Waals surface area contributed by atoms with Gasteiger partial charge in [-0.15, -0.1) is 0 Å². The van der Waals surface area contributed by atoms with Gasteiger partial charge in [-0.2, -0.15) is 0 Å². The maximum atomic E-state index is 13.1. The number of benzene rings is 1. The Bertz CT molecular complexity index is 1460. The summed E-state index contributed by atoms with van der Waals surface area (Å²) in [7, 11) is 1.50. The number of fused-ring (bicyclic) bond motifs is 7. The Labute approximate surface area is 276 Å². The van der Waals surface area contributed by atoms with Gasteiger partial charge in [0.05, 0.1) is 12.5 Å². The van der Waals surface area contributed by atoms with E-state index in [4.69, 9.17) is 9.47 Å². The lowest BCUT2D eigenvalue weighted by Crippen LogP contribution is -2.65. The van der Waals surface area contributed by atoms with Crippen molar-refractivity contribution in [3.05, 3.63) is 41.5 Å². The molecule has 4 fully saturated rings. The molecular weight excluding hydrogens is 576 g/mol. The predicted molar refractivity (Wildman–Crippen MR) is 180 cm³/mol. The van der Waals surface area contributed by atoms with Gasteiger partial charge in [-0.25, -0.2) is 4.79 Å². The highest BCUT2D eigenvalue weighted by Crippen LogP contribution is 2.75. The summed E-state index contributed by atoms with van der Waals surface area (Å²) in [4.78, 5) is 26.1.